The summed E-state index contributed by atoms with van der Waals surface area (Å²) in [7, 11) is 0. The van der Waals surface area contributed by atoms with Crippen LogP contribution in [0.4, 0.5) is 0 Å². The van der Waals surface area contributed by atoms with Gasteiger partial charge in [-0.1, -0.05) is 90.4 Å². The molecule has 0 aromatic heterocycles. The highest BCUT2D eigenvalue weighted by Gasteiger charge is 2.20. The molecule has 0 aliphatic carbocycles. The molecule has 0 bridgehead atoms. The van der Waals surface area contributed by atoms with Gasteiger partial charge in [0.05, 0.1) is 19.3 Å². The molecular weight excluding hydrogens is 312 g/mol. The van der Waals surface area contributed by atoms with Crippen LogP contribution in [0.15, 0.2) is 0 Å². The lowest BCUT2D eigenvalue weighted by Crippen LogP contribution is -2.05. The Balaban J connectivity index is 1.65. The molecule has 0 saturated carbocycles. The molecule has 1 saturated heterocycles. The van der Waals surface area contributed by atoms with Gasteiger partial charge in [-0.2, -0.15) is 0 Å². The van der Waals surface area contributed by atoms with Crippen molar-refractivity contribution in [1.82, 2.24) is 0 Å². The number of unbranched alkanes of at least 4 members (excludes halogenated alkanes) is 13. The highest BCUT2D eigenvalue weighted by atomic mass is 16.6. The van der Waals surface area contributed by atoms with Crippen LogP contribution < -0.4 is 0 Å². The first-order chi connectivity index (χ1) is 12.3. The van der Waals surface area contributed by atoms with Gasteiger partial charge in [-0.05, 0) is 19.3 Å². The third-order valence-corrected chi connectivity index (χ3v) is 5.07. The van der Waals surface area contributed by atoms with Crippen LogP contribution in [0, 0.1) is 0 Å². The van der Waals surface area contributed by atoms with E-state index >= 15 is 0 Å². The van der Waals surface area contributed by atoms with Crippen molar-refractivity contribution in [1.29, 1.82) is 0 Å². The summed E-state index contributed by atoms with van der Waals surface area (Å²) < 4.78 is 10.4. The number of ether oxygens (including phenoxy) is 2. The SMILES string of the molecule is CCCCOC(=O)CCCCCCCCCCCCCCCC1CO1. The first-order valence-corrected chi connectivity index (χ1v) is 11.1. The van der Waals surface area contributed by atoms with Gasteiger partial charge in [-0.15, -0.1) is 0 Å². The van der Waals surface area contributed by atoms with E-state index in [0.29, 0.717) is 19.1 Å². The Bertz CT molecular complexity index is 300. The summed E-state index contributed by atoms with van der Waals surface area (Å²) in [4.78, 5) is 11.4. The van der Waals surface area contributed by atoms with Crippen molar-refractivity contribution in [2.75, 3.05) is 13.2 Å². The molecule has 1 atom stereocenters. The van der Waals surface area contributed by atoms with Crippen molar-refractivity contribution in [3.8, 4) is 0 Å². The van der Waals surface area contributed by atoms with Gasteiger partial charge in [-0.25, -0.2) is 0 Å². The monoisotopic (exact) mass is 354 g/mol. The summed E-state index contributed by atoms with van der Waals surface area (Å²) in [6.45, 7) is 3.73. The normalized spacial score (nSPS) is 16.1. The van der Waals surface area contributed by atoms with E-state index in [1.54, 1.807) is 0 Å². The lowest BCUT2D eigenvalue weighted by molar-refractivity contribution is -0.143. The average molecular weight is 355 g/mol. The van der Waals surface area contributed by atoms with Crippen LogP contribution in [0.5, 0.6) is 0 Å². The van der Waals surface area contributed by atoms with Gasteiger partial charge in [0.1, 0.15) is 0 Å². The van der Waals surface area contributed by atoms with Gasteiger partial charge < -0.3 is 9.47 Å². The Morgan fingerprint density at radius 1 is 0.800 bits per heavy atom. The lowest BCUT2D eigenvalue weighted by atomic mass is 10.0. The van der Waals surface area contributed by atoms with E-state index in [4.69, 9.17) is 9.47 Å². The summed E-state index contributed by atoms with van der Waals surface area (Å²) in [5, 5.41) is 0. The summed E-state index contributed by atoms with van der Waals surface area (Å²) in [6.07, 6.45) is 21.9. The predicted molar refractivity (Wildman–Crippen MR) is 105 cm³/mol. The molecule has 1 aliphatic rings. The standard InChI is InChI=1S/C22H42O3/c1-2-3-19-24-22(23)18-16-14-12-10-8-6-4-5-7-9-11-13-15-17-21-20-25-21/h21H,2-20H2,1H3. The van der Waals surface area contributed by atoms with Crippen molar-refractivity contribution < 1.29 is 14.3 Å². The molecule has 25 heavy (non-hydrogen) atoms. The van der Waals surface area contributed by atoms with Gasteiger partial charge >= 0.3 is 5.97 Å². The Hall–Kier alpha value is -0.570. The van der Waals surface area contributed by atoms with Crippen LogP contribution in [-0.4, -0.2) is 25.3 Å². The highest BCUT2D eigenvalue weighted by Crippen LogP contribution is 2.18. The van der Waals surface area contributed by atoms with E-state index in [2.05, 4.69) is 6.92 Å². The van der Waals surface area contributed by atoms with Crippen molar-refractivity contribution in [2.45, 2.75) is 122 Å². The first-order valence-electron chi connectivity index (χ1n) is 11.1. The molecule has 1 heterocycles. The molecule has 148 valence electrons. The number of carbonyl (C=O) groups excluding carboxylic acids is 1. The van der Waals surface area contributed by atoms with Gasteiger partial charge in [0.25, 0.3) is 0 Å². The molecule has 0 aromatic rings. The number of hydrogen-bond donors (Lipinski definition) is 0. The van der Waals surface area contributed by atoms with Crippen LogP contribution in [-0.2, 0) is 14.3 Å². The fraction of sp³-hybridized carbons (Fsp3) is 0.955. The minimum absolute atomic E-state index is 0.00526. The van der Waals surface area contributed by atoms with Crippen LogP contribution in [0.1, 0.15) is 116 Å². The third kappa shape index (κ3) is 16.6. The number of epoxide rings is 1. The Kier molecular flexibility index (Phi) is 15.2. The molecule has 1 rings (SSSR count). The maximum atomic E-state index is 11.4. The van der Waals surface area contributed by atoms with Crippen molar-refractivity contribution in [3.63, 3.8) is 0 Å². The van der Waals surface area contributed by atoms with E-state index in [9.17, 15) is 4.79 Å². The van der Waals surface area contributed by atoms with Gasteiger partial charge in [0, 0.05) is 6.42 Å². The summed E-state index contributed by atoms with van der Waals surface area (Å²) in [6, 6.07) is 0. The zero-order valence-corrected chi connectivity index (χ0v) is 16.7. The number of rotatable bonds is 19. The van der Waals surface area contributed by atoms with Crippen LogP contribution in [0.2, 0.25) is 0 Å². The summed E-state index contributed by atoms with van der Waals surface area (Å²) in [5.74, 6) is -0.00526. The molecule has 1 aliphatic heterocycles. The molecule has 0 spiro atoms. The molecule has 1 fully saturated rings. The first kappa shape index (κ1) is 22.5. The number of hydrogen-bond acceptors (Lipinski definition) is 3. The second-order valence-electron chi connectivity index (χ2n) is 7.66. The second kappa shape index (κ2) is 16.9. The Morgan fingerprint density at radius 2 is 1.28 bits per heavy atom. The molecule has 0 amide bonds. The van der Waals surface area contributed by atoms with Crippen molar-refractivity contribution >= 4 is 5.97 Å². The molecular formula is C22H42O3. The van der Waals surface area contributed by atoms with Crippen molar-refractivity contribution in [3.05, 3.63) is 0 Å². The zero-order valence-electron chi connectivity index (χ0n) is 16.7. The predicted octanol–water partition coefficient (Wildman–Crippen LogP) is 6.58. The number of esters is 1. The maximum Gasteiger partial charge on any atom is 0.305 e. The van der Waals surface area contributed by atoms with Crippen LogP contribution >= 0.6 is 0 Å². The Morgan fingerprint density at radius 3 is 1.76 bits per heavy atom. The topological polar surface area (TPSA) is 38.8 Å². The smallest absolute Gasteiger partial charge is 0.305 e. The lowest BCUT2D eigenvalue weighted by Gasteiger charge is -2.04. The number of carbonyl (C=O) groups is 1. The third-order valence-electron chi connectivity index (χ3n) is 5.07. The van der Waals surface area contributed by atoms with Gasteiger partial charge in [0.15, 0.2) is 0 Å². The molecule has 3 nitrogen and oxygen atoms in total. The quantitative estimate of drug-likeness (QED) is 0.149. The highest BCUT2D eigenvalue weighted by molar-refractivity contribution is 5.69. The maximum absolute atomic E-state index is 11.4. The van der Waals surface area contributed by atoms with E-state index in [0.717, 1.165) is 25.9 Å². The van der Waals surface area contributed by atoms with Gasteiger partial charge in [-0.3, -0.25) is 4.79 Å². The molecule has 0 aromatic carbocycles. The fourth-order valence-electron chi connectivity index (χ4n) is 3.22. The second-order valence-corrected chi connectivity index (χ2v) is 7.66. The molecule has 1 unspecified atom stereocenters. The fourth-order valence-corrected chi connectivity index (χ4v) is 3.22. The molecule has 0 N–H and O–H groups in total. The molecule has 3 heteroatoms. The zero-order chi connectivity index (χ0) is 18.0. The molecule has 0 radical (unpaired) electrons. The minimum Gasteiger partial charge on any atom is -0.466 e. The van der Waals surface area contributed by atoms with E-state index in [1.165, 1.54) is 83.5 Å². The van der Waals surface area contributed by atoms with Crippen molar-refractivity contribution in [2.24, 2.45) is 0 Å². The van der Waals surface area contributed by atoms with E-state index in [-0.39, 0.29) is 5.97 Å². The van der Waals surface area contributed by atoms with Gasteiger partial charge in [0.2, 0.25) is 0 Å². The summed E-state index contributed by atoms with van der Waals surface area (Å²) in [5.41, 5.74) is 0. The largest absolute Gasteiger partial charge is 0.466 e. The minimum atomic E-state index is -0.00526. The average Bonchev–Trinajstić information content (AvgIpc) is 3.43. The van der Waals surface area contributed by atoms with Crippen LogP contribution in [0.25, 0.3) is 0 Å². The summed E-state index contributed by atoms with van der Waals surface area (Å²) >= 11 is 0. The van der Waals surface area contributed by atoms with E-state index in [1.807, 2.05) is 0 Å². The van der Waals surface area contributed by atoms with E-state index < -0.39 is 0 Å². The van der Waals surface area contributed by atoms with Crippen LogP contribution in [0.3, 0.4) is 0 Å². The Labute approximate surface area is 156 Å².